The Hall–Kier alpha value is -2.68. The van der Waals surface area contributed by atoms with Gasteiger partial charge in [0.25, 0.3) is 0 Å². The molecule has 0 saturated carbocycles. The minimum atomic E-state index is -4.00. The summed E-state index contributed by atoms with van der Waals surface area (Å²) in [4.78, 5) is 2.96. The van der Waals surface area contributed by atoms with Crippen molar-refractivity contribution in [1.82, 2.24) is 4.31 Å². The number of fused-ring (bicyclic) bond motifs is 1. The molecule has 1 aliphatic heterocycles. The quantitative estimate of drug-likeness (QED) is 0.240. The Bertz CT molecular complexity index is 1340. The number of methoxy groups -OCH3 is 1. The van der Waals surface area contributed by atoms with Crippen LogP contribution in [-0.4, -0.2) is 43.3 Å². The van der Waals surface area contributed by atoms with E-state index in [1.54, 1.807) is 11.4 Å². The van der Waals surface area contributed by atoms with Gasteiger partial charge < -0.3 is 14.7 Å². The third kappa shape index (κ3) is 6.08. The number of sulfonamides is 1. The van der Waals surface area contributed by atoms with Crippen LogP contribution in [0.3, 0.4) is 0 Å². The molecule has 6 nitrogen and oxygen atoms in total. The Morgan fingerprint density at radius 2 is 1.62 bits per heavy atom. The van der Waals surface area contributed by atoms with E-state index in [-0.39, 0.29) is 17.2 Å². The maximum absolute atomic E-state index is 14.8. The van der Waals surface area contributed by atoms with Crippen molar-refractivity contribution in [2.75, 3.05) is 24.8 Å². The highest BCUT2D eigenvalue weighted by atomic mass is 32.2. The number of unbranched alkanes of at least 4 members (excludes halogenated alkanes) is 2. The standard InChI is InChI=1S/C31H40N2O4S2/c1-5-7-18-31(19-8-6-2)23-32(25-12-10-9-11-13-25)27-20-29(38-4)28(34)21-30(27)39(35,36)33(31)22-24-14-16-26(37-3)17-15-24/h9-17,20-21,34H,5-8,18-19,22-23H2,1-4H3. The van der Waals surface area contributed by atoms with E-state index in [1.165, 1.54) is 17.8 Å². The monoisotopic (exact) mass is 568 g/mol. The van der Waals surface area contributed by atoms with Crippen molar-refractivity contribution in [2.45, 2.75) is 74.2 Å². The second kappa shape index (κ2) is 12.7. The second-order valence-corrected chi connectivity index (χ2v) is 12.9. The maximum Gasteiger partial charge on any atom is 0.246 e. The highest BCUT2D eigenvalue weighted by molar-refractivity contribution is 7.98. The van der Waals surface area contributed by atoms with E-state index in [1.807, 2.05) is 66.9 Å². The molecule has 0 spiro atoms. The summed E-state index contributed by atoms with van der Waals surface area (Å²) < 4.78 is 36.6. The summed E-state index contributed by atoms with van der Waals surface area (Å²) in [5, 5.41) is 10.9. The Morgan fingerprint density at radius 1 is 0.974 bits per heavy atom. The average molecular weight is 569 g/mol. The summed E-state index contributed by atoms with van der Waals surface area (Å²) in [5.41, 5.74) is 1.80. The average Bonchev–Trinajstić information content (AvgIpc) is 3.03. The topological polar surface area (TPSA) is 70.1 Å². The van der Waals surface area contributed by atoms with E-state index >= 15 is 0 Å². The van der Waals surface area contributed by atoms with Gasteiger partial charge in [0.15, 0.2) is 0 Å². The first-order valence-electron chi connectivity index (χ1n) is 13.7. The lowest BCUT2D eigenvalue weighted by molar-refractivity contribution is 0.153. The van der Waals surface area contributed by atoms with Gasteiger partial charge in [0.2, 0.25) is 10.0 Å². The smallest absolute Gasteiger partial charge is 0.246 e. The molecule has 8 heteroatoms. The van der Waals surface area contributed by atoms with Crippen LogP contribution in [0, 0.1) is 0 Å². The number of hydrogen-bond acceptors (Lipinski definition) is 6. The summed E-state index contributed by atoms with van der Waals surface area (Å²) in [5.74, 6) is 0.715. The zero-order valence-corrected chi connectivity index (χ0v) is 25.0. The van der Waals surface area contributed by atoms with Crippen molar-refractivity contribution < 1.29 is 18.3 Å². The van der Waals surface area contributed by atoms with Crippen LogP contribution in [0.4, 0.5) is 11.4 Å². The predicted octanol–water partition coefficient (Wildman–Crippen LogP) is 7.58. The Morgan fingerprint density at radius 3 is 2.18 bits per heavy atom. The molecule has 3 aromatic carbocycles. The van der Waals surface area contributed by atoms with Crippen molar-refractivity contribution in [2.24, 2.45) is 0 Å². The van der Waals surface area contributed by atoms with Gasteiger partial charge in [-0.15, -0.1) is 11.8 Å². The first-order valence-corrected chi connectivity index (χ1v) is 16.4. The van der Waals surface area contributed by atoms with E-state index in [9.17, 15) is 13.5 Å². The van der Waals surface area contributed by atoms with Gasteiger partial charge in [0.05, 0.1) is 23.2 Å². The first kappa shape index (κ1) is 29.3. The third-order valence-corrected chi connectivity index (χ3v) is 10.4. The lowest BCUT2D eigenvalue weighted by Crippen LogP contribution is -2.55. The van der Waals surface area contributed by atoms with Crippen LogP contribution < -0.4 is 9.64 Å². The fraction of sp³-hybridized carbons (Fsp3) is 0.419. The molecule has 39 heavy (non-hydrogen) atoms. The lowest BCUT2D eigenvalue weighted by Gasteiger charge is -2.44. The third-order valence-electron chi connectivity index (χ3n) is 7.65. The number of benzene rings is 3. The number of ether oxygens (including phenoxy) is 1. The van der Waals surface area contributed by atoms with E-state index in [0.29, 0.717) is 17.1 Å². The van der Waals surface area contributed by atoms with Gasteiger partial charge in [0.1, 0.15) is 16.4 Å². The van der Waals surface area contributed by atoms with Crippen LogP contribution >= 0.6 is 11.8 Å². The van der Waals surface area contributed by atoms with E-state index < -0.39 is 15.6 Å². The normalized spacial score (nSPS) is 16.5. The van der Waals surface area contributed by atoms with Crippen LogP contribution in [0.2, 0.25) is 0 Å². The Balaban J connectivity index is 1.99. The van der Waals surface area contributed by atoms with Crippen LogP contribution in [0.1, 0.15) is 57.9 Å². The highest BCUT2D eigenvalue weighted by Gasteiger charge is 2.48. The van der Waals surface area contributed by atoms with E-state index in [4.69, 9.17) is 4.74 Å². The number of phenols is 1. The van der Waals surface area contributed by atoms with E-state index in [2.05, 4.69) is 18.7 Å². The number of aromatic hydroxyl groups is 1. The summed E-state index contributed by atoms with van der Waals surface area (Å²) in [6.07, 6.45) is 7.16. The number of thioether (sulfide) groups is 1. The highest BCUT2D eigenvalue weighted by Crippen LogP contribution is 2.47. The molecule has 210 valence electrons. The van der Waals surface area contributed by atoms with Gasteiger partial charge in [-0.25, -0.2) is 8.42 Å². The number of hydrogen-bond donors (Lipinski definition) is 1. The molecule has 1 heterocycles. The van der Waals surface area contributed by atoms with Crippen molar-refractivity contribution in [1.29, 1.82) is 0 Å². The molecule has 1 N–H and O–H groups in total. The van der Waals surface area contributed by atoms with Crippen molar-refractivity contribution in [3.05, 3.63) is 72.3 Å². The SMILES string of the molecule is CCCCC1(CCCC)CN(c2ccccc2)c2cc(SC)c(O)cc2S(=O)(=O)N1Cc1ccc(OC)cc1. The molecule has 0 atom stereocenters. The number of para-hydroxylation sites is 1. The number of phenolic OH excluding ortho intramolecular Hbond substituents is 1. The van der Waals surface area contributed by atoms with Gasteiger partial charge >= 0.3 is 0 Å². The number of nitrogens with zero attached hydrogens (tertiary/aromatic N) is 2. The molecule has 0 unspecified atom stereocenters. The Kier molecular flexibility index (Phi) is 9.51. The van der Waals surface area contributed by atoms with Crippen LogP contribution in [0.5, 0.6) is 11.5 Å². The summed E-state index contributed by atoms with van der Waals surface area (Å²) in [6.45, 7) is 5.07. The molecule has 0 bridgehead atoms. The second-order valence-electron chi connectivity index (χ2n) is 10.2. The molecule has 1 aliphatic rings. The molecule has 0 aromatic heterocycles. The largest absolute Gasteiger partial charge is 0.507 e. The molecule has 0 aliphatic carbocycles. The van der Waals surface area contributed by atoms with Crippen molar-refractivity contribution in [3.8, 4) is 11.5 Å². The minimum Gasteiger partial charge on any atom is -0.507 e. The molecule has 0 saturated heterocycles. The fourth-order valence-electron chi connectivity index (χ4n) is 5.48. The zero-order chi connectivity index (χ0) is 28.0. The summed E-state index contributed by atoms with van der Waals surface area (Å²) in [6, 6.07) is 20.9. The molecule has 0 amide bonds. The molecule has 0 fully saturated rings. The summed E-state index contributed by atoms with van der Waals surface area (Å²) >= 11 is 1.41. The first-order chi connectivity index (χ1) is 18.8. The lowest BCUT2D eigenvalue weighted by atomic mass is 9.85. The van der Waals surface area contributed by atoms with Gasteiger partial charge in [-0.2, -0.15) is 4.31 Å². The van der Waals surface area contributed by atoms with Gasteiger partial charge in [-0.3, -0.25) is 0 Å². The van der Waals surface area contributed by atoms with Crippen molar-refractivity contribution in [3.63, 3.8) is 0 Å². The molecule has 3 aromatic rings. The Labute approximate surface area is 238 Å². The van der Waals surface area contributed by atoms with Crippen LogP contribution in [0.25, 0.3) is 0 Å². The van der Waals surface area contributed by atoms with Crippen LogP contribution in [0.15, 0.2) is 76.5 Å². The van der Waals surface area contributed by atoms with Gasteiger partial charge in [-0.1, -0.05) is 69.9 Å². The van der Waals surface area contributed by atoms with Gasteiger partial charge in [0, 0.05) is 24.8 Å². The molecular weight excluding hydrogens is 528 g/mol. The predicted molar refractivity (Wildman–Crippen MR) is 161 cm³/mol. The maximum atomic E-state index is 14.8. The van der Waals surface area contributed by atoms with Crippen molar-refractivity contribution >= 4 is 33.2 Å². The summed E-state index contributed by atoms with van der Waals surface area (Å²) in [7, 11) is -2.37. The number of anilines is 2. The van der Waals surface area contributed by atoms with Crippen LogP contribution in [-0.2, 0) is 16.6 Å². The molecule has 4 rings (SSSR count). The fourth-order valence-corrected chi connectivity index (χ4v) is 7.98. The molecule has 0 radical (unpaired) electrons. The van der Waals surface area contributed by atoms with E-state index in [0.717, 1.165) is 55.5 Å². The zero-order valence-electron chi connectivity index (χ0n) is 23.4. The minimum absolute atomic E-state index is 0.0168. The van der Waals surface area contributed by atoms with Gasteiger partial charge in [-0.05, 0) is 55.0 Å². The molecular formula is C31H40N2O4S2. The number of rotatable bonds is 11.